The van der Waals surface area contributed by atoms with E-state index in [9.17, 15) is 31.2 Å². The number of hydrogen-bond donors (Lipinski definition) is 2. The highest BCUT2D eigenvalue weighted by Crippen LogP contribution is 2.34. The van der Waals surface area contributed by atoms with Crippen molar-refractivity contribution < 1.29 is 35.7 Å². The quantitative estimate of drug-likeness (QED) is 0.225. The lowest BCUT2D eigenvalue weighted by Crippen LogP contribution is -2.29. The van der Waals surface area contributed by atoms with Crippen molar-refractivity contribution >= 4 is 34.3 Å². The van der Waals surface area contributed by atoms with E-state index < -0.39 is 26.8 Å². The molecule has 2 aromatic rings. The number of allylic oxidation sites excluding steroid dienone is 1. The fraction of sp³-hybridized carbons (Fsp3) is 0.357. The molecule has 1 aliphatic carbocycles. The lowest BCUT2D eigenvalue weighted by Gasteiger charge is -2.21. The summed E-state index contributed by atoms with van der Waals surface area (Å²) < 4.78 is 65.7. The molecular formula is C28H30F3N3O5S2. The predicted molar refractivity (Wildman–Crippen MR) is 149 cm³/mol. The van der Waals surface area contributed by atoms with Gasteiger partial charge < -0.3 is 14.7 Å². The monoisotopic (exact) mass is 609 g/mol. The number of Topliss-reactive ketones (excluding diaryl/α,β-unsaturated/α-hetero) is 1. The van der Waals surface area contributed by atoms with Crippen molar-refractivity contribution in [3.8, 4) is 0 Å². The molecule has 0 spiro atoms. The molecule has 0 saturated carbocycles. The maximum Gasteiger partial charge on any atom is 0.416 e. The van der Waals surface area contributed by atoms with Crippen LogP contribution in [0.5, 0.6) is 0 Å². The Kier molecular flexibility index (Phi) is 8.90. The van der Waals surface area contributed by atoms with Crippen LogP contribution in [0.25, 0.3) is 0 Å². The Bertz CT molecular complexity index is 1490. The van der Waals surface area contributed by atoms with Gasteiger partial charge >= 0.3 is 6.18 Å². The number of nitrogens with zero attached hydrogens (tertiary/aromatic N) is 3. The van der Waals surface area contributed by atoms with Crippen LogP contribution >= 0.6 is 12.6 Å². The van der Waals surface area contributed by atoms with E-state index >= 15 is 0 Å². The van der Waals surface area contributed by atoms with E-state index in [1.807, 2.05) is 26.8 Å². The lowest BCUT2D eigenvalue weighted by molar-refractivity contribution is -0.137. The van der Waals surface area contributed by atoms with Crippen LogP contribution in [0, 0.1) is 0 Å². The van der Waals surface area contributed by atoms with E-state index in [2.05, 4.69) is 38.6 Å². The predicted octanol–water partition coefficient (Wildman–Crippen LogP) is 4.23. The van der Waals surface area contributed by atoms with Gasteiger partial charge in [0.1, 0.15) is 11.4 Å². The summed E-state index contributed by atoms with van der Waals surface area (Å²) in [6.45, 7) is 9.78. The summed E-state index contributed by atoms with van der Waals surface area (Å²) in [5.74, 6) is 0.668. The second-order valence-electron chi connectivity index (χ2n) is 10.1. The van der Waals surface area contributed by atoms with Gasteiger partial charge in [-0.1, -0.05) is 32.0 Å². The van der Waals surface area contributed by atoms with E-state index in [0.29, 0.717) is 35.1 Å². The average Bonchev–Trinajstić information content (AvgIpc) is 3.75. The van der Waals surface area contributed by atoms with Crippen molar-refractivity contribution in [1.29, 1.82) is 0 Å². The first kappa shape index (κ1) is 30.7. The highest BCUT2D eigenvalue weighted by molar-refractivity contribution is 7.85. The Labute approximate surface area is 242 Å². The van der Waals surface area contributed by atoms with Crippen LogP contribution in [-0.2, 0) is 25.9 Å². The molecule has 41 heavy (non-hydrogen) atoms. The molecule has 3 saturated heterocycles. The lowest BCUT2D eigenvalue weighted by atomic mass is 10.0. The van der Waals surface area contributed by atoms with E-state index in [1.165, 1.54) is 11.6 Å². The molecule has 0 amide bonds. The topological polar surface area (TPSA) is 97.5 Å². The molecule has 3 heterocycles. The highest BCUT2D eigenvalue weighted by Gasteiger charge is 2.43. The smallest absolute Gasteiger partial charge is 0.365 e. The van der Waals surface area contributed by atoms with Gasteiger partial charge in [0.05, 0.1) is 16.2 Å². The number of halogens is 3. The molecule has 8 nitrogen and oxygen atoms in total. The van der Waals surface area contributed by atoms with Gasteiger partial charge in [-0.05, 0) is 41.8 Å². The van der Waals surface area contributed by atoms with Crippen LogP contribution in [0.3, 0.4) is 0 Å². The number of benzene rings is 2. The van der Waals surface area contributed by atoms with Crippen molar-refractivity contribution in [2.45, 2.75) is 35.7 Å². The van der Waals surface area contributed by atoms with Crippen molar-refractivity contribution in [2.75, 3.05) is 39.3 Å². The van der Waals surface area contributed by atoms with Crippen molar-refractivity contribution in [1.82, 2.24) is 14.7 Å². The van der Waals surface area contributed by atoms with Crippen molar-refractivity contribution in [3.05, 3.63) is 82.8 Å². The summed E-state index contributed by atoms with van der Waals surface area (Å²) in [4.78, 5) is 30.7. The Hall–Kier alpha value is -3.29. The SMILES string of the molecule is CC(C)c1ccc(S)cc1.O=C1C=C(N2CC2)C(=O)C(N2CC2)=C1N1CC1.O=S(=O)(O)c1cccc(C(F)(F)F)c1. The second kappa shape index (κ2) is 11.9. The van der Waals surface area contributed by atoms with Gasteiger partial charge in [0.2, 0.25) is 11.6 Å². The van der Waals surface area contributed by atoms with Gasteiger partial charge in [-0.25, -0.2) is 0 Å². The molecule has 4 aliphatic rings. The maximum absolute atomic E-state index is 12.4. The number of rotatable bonds is 5. The molecule has 0 radical (unpaired) electrons. The number of carbonyl (C=O) groups is 2. The molecule has 0 bridgehead atoms. The van der Waals surface area contributed by atoms with Gasteiger partial charge in [0, 0.05) is 50.2 Å². The number of hydrogen-bond acceptors (Lipinski definition) is 8. The number of alkyl halides is 3. The molecule has 0 aromatic heterocycles. The van der Waals surface area contributed by atoms with Crippen LogP contribution in [0.1, 0.15) is 30.9 Å². The number of carbonyl (C=O) groups excluding carboxylic acids is 2. The van der Waals surface area contributed by atoms with Crippen LogP contribution in [0.4, 0.5) is 13.2 Å². The fourth-order valence-electron chi connectivity index (χ4n) is 3.97. The standard InChI is InChI=1S/C12H13N3O2.C9H12S.C7H5F3O3S/c16-9-7-8(13-1-2-13)12(17)11(15-5-6-15)10(9)14-3-4-14;1-7(2)8-3-5-9(10)6-4-8;8-7(9,10)5-2-1-3-6(4-5)14(11,12)13/h7H,1-6H2;3-7,10H,1-2H3;1-4H,(H,11,12,13). The Balaban J connectivity index is 0.000000147. The van der Waals surface area contributed by atoms with Crippen LogP contribution in [-0.4, -0.2) is 78.5 Å². The summed E-state index contributed by atoms with van der Waals surface area (Å²) >= 11 is 4.20. The summed E-state index contributed by atoms with van der Waals surface area (Å²) in [7, 11) is -4.59. The molecule has 3 fully saturated rings. The molecule has 0 unspecified atom stereocenters. The molecule has 2 aromatic carbocycles. The molecule has 6 rings (SSSR count). The van der Waals surface area contributed by atoms with E-state index in [4.69, 9.17) is 4.55 Å². The zero-order valence-electron chi connectivity index (χ0n) is 22.4. The van der Waals surface area contributed by atoms with Crippen LogP contribution in [0.15, 0.2) is 81.5 Å². The minimum absolute atomic E-state index is 0.00546. The number of thiol groups is 1. The van der Waals surface area contributed by atoms with Gasteiger partial charge in [0.15, 0.2) is 0 Å². The fourth-order valence-corrected chi connectivity index (χ4v) is 4.64. The van der Waals surface area contributed by atoms with E-state index in [0.717, 1.165) is 56.3 Å². The molecule has 3 aliphatic heterocycles. The summed E-state index contributed by atoms with van der Waals surface area (Å²) in [6.07, 6.45) is -3.10. The minimum Gasteiger partial charge on any atom is -0.365 e. The average molecular weight is 610 g/mol. The highest BCUT2D eigenvalue weighted by atomic mass is 32.2. The molecule has 220 valence electrons. The van der Waals surface area contributed by atoms with E-state index in [-0.39, 0.29) is 11.6 Å². The van der Waals surface area contributed by atoms with Gasteiger partial charge in [-0.2, -0.15) is 21.6 Å². The number of ketones is 2. The van der Waals surface area contributed by atoms with Gasteiger partial charge in [0.25, 0.3) is 10.1 Å². The third kappa shape index (κ3) is 8.14. The van der Waals surface area contributed by atoms with Gasteiger partial charge in [-0.3, -0.25) is 14.1 Å². The first-order valence-electron chi connectivity index (χ1n) is 12.9. The zero-order valence-corrected chi connectivity index (χ0v) is 24.1. The summed E-state index contributed by atoms with van der Waals surface area (Å²) in [5.41, 5.74) is 2.14. The van der Waals surface area contributed by atoms with Gasteiger partial charge in [-0.15, -0.1) is 12.6 Å². The molecule has 0 atom stereocenters. The first-order valence-corrected chi connectivity index (χ1v) is 14.8. The first-order chi connectivity index (χ1) is 19.2. The Morgan fingerprint density at radius 3 is 1.85 bits per heavy atom. The molecule has 13 heteroatoms. The van der Waals surface area contributed by atoms with Crippen LogP contribution < -0.4 is 0 Å². The Morgan fingerprint density at radius 2 is 1.39 bits per heavy atom. The maximum atomic E-state index is 12.4. The normalized spacial score (nSPS) is 18.0. The minimum atomic E-state index is -4.62. The largest absolute Gasteiger partial charge is 0.416 e. The summed E-state index contributed by atoms with van der Waals surface area (Å²) in [6, 6.07) is 11.2. The van der Waals surface area contributed by atoms with Crippen molar-refractivity contribution in [3.63, 3.8) is 0 Å². The molecular weight excluding hydrogens is 579 g/mol. The Morgan fingerprint density at radius 1 is 0.854 bits per heavy atom. The second-order valence-corrected chi connectivity index (χ2v) is 12.1. The zero-order chi connectivity index (χ0) is 30.1. The molecule has 1 N–H and O–H groups in total. The van der Waals surface area contributed by atoms with E-state index in [1.54, 1.807) is 0 Å². The van der Waals surface area contributed by atoms with Crippen molar-refractivity contribution in [2.24, 2.45) is 0 Å². The third-order valence-corrected chi connectivity index (χ3v) is 7.65. The van der Waals surface area contributed by atoms with Crippen LogP contribution in [0.2, 0.25) is 0 Å². The third-order valence-electron chi connectivity index (χ3n) is 6.51. The summed E-state index contributed by atoms with van der Waals surface area (Å²) in [5, 5.41) is 0.